The van der Waals surface area contributed by atoms with Gasteiger partial charge in [-0.05, 0) is 30.4 Å². The second-order valence-electron chi connectivity index (χ2n) is 4.59. The van der Waals surface area contributed by atoms with E-state index in [0.29, 0.717) is 12.8 Å². The number of amides is 1. The van der Waals surface area contributed by atoms with E-state index >= 15 is 0 Å². The van der Waals surface area contributed by atoms with Gasteiger partial charge in [0.25, 0.3) is 0 Å². The summed E-state index contributed by atoms with van der Waals surface area (Å²) in [6, 6.07) is 3.33. The first kappa shape index (κ1) is 13.9. The molecule has 0 saturated heterocycles. The highest BCUT2D eigenvalue weighted by Gasteiger charge is 2.38. The second kappa shape index (κ2) is 6.06. The van der Waals surface area contributed by atoms with E-state index in [1.54, 1.807) is 0 Å². The lowest BCUT2D eigenvalue weighted by Gasteiger charge is -2.36. The van der Waals surface area contributed by atoms with Gasteiger partial charge in [0, 0.05) is 0 Å². The fourth-order valence-corrected chi connectivity index (χ4v) is 3.38. The Morgan fingerprint density at radius 1 is 1.42 bits per heavy atom. The topological polar surface area (TPSA) is 66.8 Å². The fraction of sp³-hybridized carbons (Fsp3) is 0.538. The molecule has 0 aromatic carbocycles. The van der Waals surface area contributed by atoms with Crippen molar-refractivity contribution in [2.24, 2.45) is 5.92 Å². The second-order valence-corrected chi connectivity index (χ2v) is 5.51. The van der Waals surface area contributed by atoms with Crippen molar-refractivity contribution in [1.29, 1.82) is 0 Å². The molecule has 1 aromatic heterocycles. The number of rotatable bonds is 3. The number of carboxylic acid groups (broad SMARTS) is 1. The van der Waals surface area contributed by atoms with E-state index in [0.717, 1.165) is 17.8 Å². The molecular weight excluding hydrogens is 266 g/mol. The van der Waals surface area contributed by atoms with Crippen LogP contribution in [-0.4, -0.2) is 30.3 Å². The zero-order chi connectivity index (χ0) is 13.8. The van der Waals surface area contributed by atoms with Gasteiger partial charge in [0.2, 0.25) is 0 Å². The van der Waals surface area contributed by atoms with Crippen molar-refractivity contribution in [1.82, 2.24) is 0 Å². The number of carbonyl (C=O) groups excluding carboxylic acids is 1. The normalized spacial score (nSPS) is 22.8. The first-order valence-corrected chi connectivity index (χ1v) is 7.16. The van der Waals surface area contributed by atoms with Crippen molar-refractivity contribution >= 4 is 28.4 Å². The molecule has 0 unspecified atom stereocenters. The molecule has 1 aliphatic rings. The third-order valence-electron chi connectivity index (χ3n) is 3.49. The highest BCUT2D eigenvalue weighted by Crippen LogP contribution is 2.34. The lowest BCUT2D eigenvalue weighted by atomic mass is 9.83. The number of hydrogen-bond acceptors (Lipinski definition) is 4. The number of methoxy groups -OCH3 is 1. The molecular formula is C13H17NO4S. The maximum absolute atomic E-state index is 12.0. The summed E-state index contributed by atoms with van der Waals surface area (Å²) in [6.45, 7) is 0. The Labute approximate surface area is 115 Å². The largest absolute Gasteiger partial charge is 0.481 e. The maximum atomic E-state index is 12.0. The maximum Gasteiger partial charge on any atom is 0.414 e. The van der Waals surface area contributed by atoms with Gasteiger partial charge in [-0.25, -0.2) is 4.79 Å². The van der Waals surface area contributed by atoms with E-state index in [1.165, 1.54) is 23.3 Å². The molecule has 1 saturated carbocycles. The van der Waals surface area contributed by atoms with Crippen molar-refractivity contribution < 1.29 is 19.4 Å². The van der Waals surface area contributed by atoms with Crippen LogP contribution < -0.4 is 4.90 Å². The summed E-state index contributed by atoms with van der Waals surface area (Å²) in [6.07, 6.45) is 2.66. The van der Waals surface area contributed by atoms with Crippen LogP contribution in [0, 0.1) is 5.92 Å². The number of thiophene rings is 1. The molecule has 19 heavy (non-hydrogen) atoms. The molecule has 1 N–H and O–H groups in total. The van der Waals surface area contributed by atoms with E-state index in [4.69, 9.17) is 4.74 Å². The highest BCUT2D eigenvalue weighted by molar-refractivity contribution is 7.14. The van der Waals surface area contributed by atoms with Gasteiger partial charge in [-0.3, -0.25) is 9.69 Å². The Balaban J connectivity index is 2.31. The Hall–Kier alpha value is -1.56. The summed E-state index contributed by atoms with van der Waals surface area (Å²) in [7, 11) is 1.32. The van der Waals surface area contributed by atoms with Crippen LogP contribution in [0.5, 0.6) is 0 Å². The molecule has 0 radical (unpaired) electrons. The molecule has 2 rings (SSSR count). The van der Waals surface area contributed by atoms with E-state index in [1.807, 2.05) is 17.5 Å². The minimum atomic E-state index is -0.838. The van der Waals surface area contributed by atoms with E-state index in [-0.39, 0.29) is 6.04 Å². The lowest BCUT2D eigenvalue weighted by molar-refractivity contribution is -0.143. The number of carboxylic acids is 1. The zero-order valence-electron chi connectivity index (χ0n) is 10.7. The van der Waals surface area contributed by atoms with Crippen LogP contribution in [0.1, 0.15) is 25.7 Å². The van der Waals surface area contributed by atoms with Crippen LogP contribution >= 0.6 is 11.3 Å². The number of carbonyl (C=O) groups is 2. The smallest absolute Gasteiger partial charge is 0.414 e. The summed E-state index contributed by atoms with van der Waals surface area (Å²) < 4.78 is 4.82. The molecule has 1 aliphatic carbocycles. The monoisotopic (exact) mass is 283 g/mol. The number of ether oxygens (including phenoxy) is 1. The van der Waals surface area contributed by atoms with Gasteiger partial charge < -0.3 is 9.84 Å². The molecule has 1 amide bonds. The first-order valence-electron chi connectivity index (χ1n) is 6.28. The standard InChI is InChI=1S/C13H17NO4S/c1-18-13(17)14(11-7-4-8-19-11)10-6-3-2-5-9(10)12(15)16/h4,7-10H,2-3,5-6H2,1H3,(H,15,16)/t9-,10-/m0/s1. The van der Waals surface area contributed by atoms with Crippen LogP contribution in [0.2, 0.25) is 0 Å². The van der Waals surface area contributed by atoms with Crippen LogP contribution in [0.3, 0.4) is 0 Å². The Bertz CT molecular complexity index is 446. The van der Waals surface area contributed by atoms with Crippen molar-refractivity contribution in [3.8, 4) is 0 Å². The summed E-state index contributed by atoms with van der Waals surface area (Å²) >= 11 is 1.41. The van der Waals surface area contributed by atoms with Crippen LogP contribution in [-0.2, 0) is 9.53 Å². The minimum Gasteiger partial charge on any atom is -0.481 e. The number of nitrogens with zero attached hydrogens (tertiary/aromatic N) is 1. The van der Waals surface area contributed by atoms with Gasteiger partial charge in [-0.2, -0.15) is 0 Å². The molecule has 1 heterocycles. The van der Waals surface area contributed by atoms with Gasteiger partial charge in [0.15, 0.2) is 0 Å². The molecule has 1 fully saturated rings. The van der Waals surface area contributed by atoms with Gasteiger partial charge in [-0.1, -0.05) is 12.8 Å². The highest BCUT2D eigenvalue weighted by atomic mass is 32.1. The van der Waals surface area contributed by atoms with Gasteiger partial charge >= 0.3 is 12.1 Å². The summed E-state index contributed by atoms with van der Waals surface area (Å²) in [5, 5.41) is 11.9. The van der Waals surface area contributed by atoms with Crippen molar-refractivity contribution in [2.75, 3.05) is 12.0 Å². The molecule has 2 atom stereocenters. The van der Waals surface area contributed by atoms with Gasteiger partial charge in [0.05, 0.1) is 19.1 Å². The number of hydrogen-bond donors (Lipinski definition) is 1. The minimum absolute atomic E-state index is 0.322. The van der Waals surface area contributed by atoms with Crippen molar-refractivity contribution in [3.05, 3.63) is 17.5 Å². The quantitative estimate of drug-likeness (QED) is 0.926. The Morgan fingerprint density at radius 2 is 2.16 bits per heavy atom. The first-order chi connectivity index (χ1) is 9.15. The predicted molar refractivity (Wildman–Crippen MR) is 72.6 cm³/mol. The Morgan fingerprint density at radius 3 is 2.74 bits per heavy atom. The summed E-state index contributed by atoms with van der Waals surface area (Å²) in [5.74, 6) is -1.36. The molecule has 6 heteroatoms. The molecule has 0 aliphatic heterocycles. The third kappa shape index (κ3) is 2.89. The molecule has 0 spiro atoms. The van der Waals surface area contributed by atoms with E-state index < -0.39 is 18.0 Å². The third-order valence-corrected chi connectivity index (χ3v) is 4.36. The lowest BCUT2D eigenvalue weighted by Crippen LogP contribution is -2.48. The van der Waals surface area contributed by atoms with Crippen LogP contribution in [0.15, 0.2) is 17.5 Å². The van der Waals surface area contributed by atoms with E-state index in [9.17, 15) is 14.7 Å². The number of anilines is 1. The molecule has 1 aromatic rings. The average molecular weight is 283 g/mol. The molecule has 5 nitrogen and oxygen atoms in total. The Kier molecular flexibility index (Phi) is 4.42. The number of aliphatic carboxylic acids is 1. The average Bonchev–Trinajstić information content (AvgIpc) is 2.93. The fourth-order valence-electron chi connectivity index (χ4n) is 2.60. The van der Waals surface area contributed by atoms with Gasteiger partial charge in [0.1, 0.15) is 5.00 Å². The van der Waals surface area contributed by atoms with Crippen LogP contribution in [0.25, 0.3) is 0 Å². The molecule has 104 valence electrons. The summed E-state index contributed by atoms with van der Waals surface area (Å²) in [5.41, 5.74) is 0. The predicted octanol–water partition coefficient (Wildman–Crippen LogP) is 2.96. The van der Waals surface area contributed by atoms with E-state index in [2.05, 4.69) is 0 Å². The summed E-state index contributed by atoms with van der Waals surface area (Å²) in [4.78, 5) is 24.9. The zero-order valence-corrected chi connectivity index (χ0v) is 11.6. The molecule has 0 bridgehead atoms. The van der Waals surface area contributed by atoms with Crippen molar-refractivity contribution in [3.63, 3.8) is 0 Å². The van der Waals surface area contributed by atoms with Gasteiger partial charge in [-0.15, -0.1) is 11.3 Å². The van der Waals surface area contributed by atoms with Crippen molar-refractivity contribution in [2.45, 2.75) is 31.7 Å². The SMILES string of the molecule is COC(=O)N(c1cccs1)[C@H]1CCCC[C@@H]1C(=O)O. The van der Waals surface area contributed by atoms with Crippen LogP contribution in [0.4, 0.5) is 9.80 Å².